The Balaban J connectivity index is 1.83. The number of carbonyl (C=O) groups excluding carboxylic acids is 3. The topological polar surface area (TPSA) is 96.2 Å². The van der Waals surface area contributed by atoms with Gasteiger partial charge in [-0.1, -0.05) is 23.7 Å². The molecule has 2 heterocycles. The molecule has 0 spiro atoms. The van der Waals surface area contributed by atoms with Crippen LogP contribution in [-0.2, 0) is 11.2 Å². The summed E-state index contributed by atoms with van der Waals surface area (Å²) in [5, 5.41) is 4.45. The Morgan fingerprint density at radius 3 is 2.49 bits per heavy atom. The molecule has 202 valence electrons. The van der Waals surface area contributed by atoms with Crippen molar-refractivity contribution in [2.24, 2.45) is 0 Å². The van der Waals surface area contributed by atoms with Gasteiger partial charge in [-0.05, 0) is 64.2 Å². The van der Waals surface area contributed by atoms with Gasteiger partial charge in [-0.2, -0.15) is 0 Å². The van der Waals surface area contributed by atoms with Gasteiger partial charge in [0.1, 0.15) is 23.1 Å². The van der Waals surface area contributed by atoms with Gasteiger partial charge in [-0.3, -0.25) is 14.4 Å². The molecule has 1 aliphatic rings. The molecule has 9 nitrogen and oxygen atoms in total. The molecule has 2 aromatic rings. The zero-order valence-corrected chi connectivity index (χ0v) is 23.1. The van der Waals surface area contributed by atoms with Gasteiger partial charge < -0.3 is 24.0 Å². The number of aromatic nitrogens is 1. The fourth-order valence-corrected chi connectivity index (χ4v) is 4.57. The van der Waals surface area contributed by atoms with Crippen molar-refractivity contribution in [1.29, 1.82) is 0 Å². The summed E-state index contributed by atoms with van der Waals surface area (Å²) >= 11 is 6.18. The monoisotopic (exact) mass is 532 g/mol. The number of hydrogen-bond donors (Lipinski definition) is 0. The maximum absolute atomic E-state index is 13.4. The molecule has 1 aromatic heterocycles. The normalized spacial score (nSPS) is 18.9. The van der Waals surface area contributed by atoms with Gasteiger partial charge in [0.05, 0.1) is 17.9 Å². The molecular weight excluding hydrogens is 496 g/mol. The average Bonchev–Trinajstić information content (AvgIpc) is 3.27. The first-order chi connectivity index (χ1) is 17.6. The third-order valence-corrected chi connectivity index (χ3v) is 7.06. The Morgan fingerprint density at radius 2 is 1.78 bits per heavy atom. The molecular formula is C27H37ClN4O5. The van der Waals surface area contributed by atoms with Crippen molar-refractivity contribution in [3.05, 3.63) is 45.8 Å². The standard InChI is InChI=1S/C27H37ClN4O5/c1-6-22-24(19(3)37-29-22)27(35)32-14-8-7-13-30(4)25(33)18(2)31(5)26(34)21-17-20(28)11-12-23(21)36-16-10-9-15-32/h11-12,17-18H,6-10,13-16H2,1-5H3/t18-/m0/s1. The van der Waals surface area contributed by atoms with Crippen molar-refractivity contribution in [3.8, 4) is 5.75 Å². The van der Waals surface area contributed by atoms with E-state index < -0.39 is 6.04 Å². The fraction of sp³-hybridized carbons (Fsp3) is 0.556. The second kappa shape index (κ2) is 12.9. The minimum absolute atomic E-state index is 0.0836. The molecule has 0 fully saturated rings. The van der Waals surface area contributed by atoms with Crippen molar-refractivity contribution >= 4 is 29.3 Å². The Bertz CT molecular complexity index is 1120. The summed E-state index contributed by atoms with van der Waals surface area (Å²) in [4.78, 5) is 44.7. The fourth-order valence-electron chi connectivity index (χ4n) is 4.40. The van der Waals surface area contributed by atoms with Gasteiger partial charge in [-0.25, -0.2) is 0 Å². The summed E-state index contributed by atoms with van der Waals surface area (Å²) in [7, 11) is 3.34. The van der Waals surface area contributed by atoms with Crippen molar-refractivity contribution < 1.29 is 23.6 Å². The maximum atomic E-state index is 13.4. The van der Waals surface area contributed by atoms with Crippen molar-refractivity contribution in [3.63, 3.8) is 0 Å². The first-order valence-electron chi connectivity index (χ1n) is 12.8. The van der Waals surface area contributed by atoms with Crippen LogP contribution in [0, 0.1) is 6.92 Å². The first kappa shape index (κ1) is 28.5. The quantitative estimate of drug-likeness (QED) is 0.575. The summed E-state index contributed by atoms with van der Waals surface area (Å²) < 4.78 is 11.3. The van der Waals surface area contributed by atoms with Crippen LogP contribution >= 0.6 is 11.6 Å². The summed E-state index contributed by atoms with van der Waals surface area (Å²) in [5.74, 6) is 0.366. The lowest BCUT2D eigenvalue weighted by atomic mass is 10.1. The molecule has 0 saturated carbocycles. The first-order valence-corrected chi connectivity index (χ1v) is 13.2. The summed E-state index contributed by atoms with van der Waals surface area (Å²) in [6, 6.07) is 4.25. The van der Waals surface area contributed by atoms with Crippen LogP contribution < -0.4 is 4.74 Å². The van der Waals surface area contributed by atoms with E-state index in [9.17, 15) is 14.4 Å². The predicted octanol–water partition coefficient (Wildman–Crippen LogP) is 4.21. The van der Waals surface area contributed by atoms with Crippen LogP contribution in [0.5, 0.6) is 5.75 Å². The molecule has 1 aliphatic heterocycles. The molecule has 1 atom stereocenters. The lowest BCUT2D eigenvalue weighted by Gasteiger charge is -2.29. The molecule has 0 unspecified atom stereocenters. The smallest absolute Gasteiger partial charge is 0.259 e. The number of nitrogens with zero attached hydrogens (tertiary/aromatic N) is 4. The van der Waals surface area contributed by atoms with Crippen molar-refractivity contribution in [2.45, 2.75) is 58.9 Å². The maximum Gasteiger partial charge on any atom is 0.259 e. The zero-order chi connectivity index (χ0) is 27.1. The van der Waals surface area contributed by atoms with Crippen molar-refractivity contribution in [2.75, 3.05) is 40.3 Å². The van der Waals surface area contributed by atoms with E-state index in [1.807, 2.05) is 11.8 Å². The van der Waals surface area contributed by atoms with Crippen LogP contribution in [0.4, 0.5) is 0 Å². The minimum atomic E-state index is -0.665. The van der Waals surface area contributed by atoms with E-state index in [1.54, 1.807) is 51.0 Å². The van der Waals surface area contributed by atoms with Crippen LogP contribution in [0.25, 0.3) is 0 Å². The highest BCUT2D eigenvalue weighted by molar-refractivity contribution is 6.31. The van der Waals surface area contributed by atoms with Crippen LogP contribution in [0.3, 0.4) is 0 Å². The number of ether oxygens (including phenoxy) is 1. The van der Waals surface area contributed by atoms with E-state index in [1.165, 1.54) is 4.90 Å². The number of halogens is 1. The highest BCUT2D eigenvalue weighted by Gasteiger charge is 2.28. The largest absolute Gasteiger partial charge is 0.493 e. The lowest BCUT2D eigenvalue weighted by Crippen LogP contribution is -2.47. The number of rotatable bonds is 2. The van der Waals surface area contributed by atoms with Gasteiger partial charge >= 0.3 is 0 Å². The van der Waals surface area contributed by atoms with Gasteiger partial charge in [0, 0.05) is 38.8 Å². The van der Waals surface area contributed by atoms with E-state index in [-0.39, 0.29) is 17.7 Å². The molecule has 0 bridgehead atoms. The minimum Gasteiger partial charge on any atom is -0.493 e. The number of likely N-dealkylation sites (N-methyl/N-ethyl adjacent to an activating group) is 2. The van der Waals surface area contributed by atoms with Crippen LogP contribution in [-0.4, -0.2) is 84.0 Å². The van der Waals surface area contributed by atoms with E-state index in [4.69, 9.17) is 20.9 Å². The summed E-state index contributed by atoms with van der Waals surface area (Å²) in [6.07, 6.45) is 3.49. The third kappa shape index (κ3) is 6.83. The molecule has 10 heteroatoms. The highest BCUT2D eigenvalue weighted by Crippen LogP contribution is 2.26. The number of aryl methyl sites for hydroxylation is 2. The van der Waals surface area contributed by atoms with E-state index in [0.717, 1.165) is 19.3 Å². The van der Waals surface area contributed by atoms with E-state index in [0.29, 0.717) is 72.4 Å². The van der Waals surface area contributed by atoms with Gasteiger partial charge in [-0.15, -0.1) is 0 Å². The molecule has 0 radical (unpaired) electrons. The number of fused-ring (bicyclic) bond motifs is 1. The number of carbonyl (C=O) groups is 3. The van der Waals surface area contributed by atoms with Crippen molar-refractivity contribution in [1.82, 2.24) is 19.9 Å². The average molecular weight is 533 g/mol. The summed E-state index contributed by atoms with van der Waals surface area (Å²) in [5.41, 5.74) is 1.52. The number of hydrogen-bond acceptors (Lipinski definition) is 6. The third-order valence-electron chi connectivity index (χ3n) is 6.83. The SMILES string of the molecule is CCc1noc(C)c1C(=O)N1CCCCOc2ccc(Cl)cc2C(=O)N(C)[C@@H](C)C(=O)N(C)CCCC1. The Kier molecular flexibility index (Phi) is 9.97. The molecule has 3 rings (SSSR count). The van der Waals surface area contributed by atoms with Crippen LogP contribution in [0.2, 0.25) is 5.02 Å². The predicted molar refractivity (Wildman–Crippen MR) is 141 cm³/mol. The van der Waals surface area contributed by atoms with E-state index >= 15 is 0 Å². The second-order valence-corrected chi connectivity index (χ2v) is 9.90. The van der Waals surface area contributed by atoms with Crippen LogP contribution in [0.1, 0.15) is 71.7 Å². The Labute approximate surface area is 223 Å². The second-order valence-electron chi connectivity index (χ2n) is 9.46. The van der Waals surface area contributed by atoms with Crippen LogP contribution in [0.15, 0.2) is 22.7 Å². The van der Waals surface area contributed by atoms with Gasteiger partial charge in [0.25, 0.3) is 11.8 Å². The molecule has 0 saturated heterocycles. The number of amides is 3. The Hall–Kier alpha value is -3.07. The molecule has 0 N–H and O–H groups in total. The molecule has 1 aromatic carbocycles. The van der Waals surface area contributed by atoms with Gasteiger partial charge in [0.2, 0.25) is 5.91 Å². The molecule has 37 heavy (non-hydrogen) atoms. The highest BCUT2D eigenvalue weighted by atomic mass is 35.5. The number of benzene rings is 1. The van der Waals surface area contributed by atoms with E-state index in [2.05, 4.69) is 5.16 Å². The Morgan fingerprint density at radius 1 is 1.11 bits per heavy atom. The van der Waals surface area contributed by atoms with Gasteiger partial charge in [0.15, 0.2) is 0 Å². The summed E-state index contributed by atoms with van der Waals surface area (Å²) in [6.45, 7) is 7.42. The lowest BCUT2D eigenvalue weighted by molar-refractivity contribution is -0.133. The molecule has 0 aliphatic carbocycles. The molecule has 3 amide bonds. The zero-order valence-electron chi connectivity index (χ0n) is 22.4.